The van der Waals surface area contributed by atoms with Crippen LogP contribution in [0.1, 0.15) is 30.3 Å². The van der Waals surface area contributed by atoms with Crippen molar-refractivity contribution < 1.29 is 0 Å². The van der Waals surface area contributed by atoms with Crippen LogP contribution in [0.4, 0.5) is 11.5 Å². The van der Waals surface area contributed by atoms with E-state index in [9.17, 15) is 0 Å². The van der Waals surface area contributed by atoms with E-state index in [0.717, 1.165) is 24.3 Å². The van der Waals surface area contributed by atoms with Crippen LogP contribution < -0.4 is 10.6 Å². The summed E-state index contributed by atoms with van der Waals surface area (Å²) in [5, 5.41) is 15.2. The minimum atomic E-state index is 0.327. The first kappa shape index (κ1) is 12.5. The first-order chi connectivity index (χ1) is 9.85. The van der Waals surface area contributed by atoms with E-state index in [4.69, 9.17) is 5.26 Å². The number of rotatable bonds is 3. The summed E-state index contributed by atoms with van der Waals surface area (Å²) in [5.74, 6) is 0.665. The third-order valence-corrected chi connectivity index (χ3v) is 3.24. The molecule has 20 heavy (non-hydrogen) atoms. The van der Waals surface area contributed by atoms with Gasteiger partial charge in [-0.25, -0.2) is 9.97 Å². The van der Waals surface area contributed by atoms with E-state index in [1.807, 2.05) is 6.07 Å². The summed E-state index contributed by atoms with van der Waals surface area (Å²) in [4.78, 5) is 12.8. The summed E-state index contributed by atoms with van der Waals surface area (Å²) in [5.41, 5.74) is 2.15. The van der Waals surface area contributed by atoms with Crippen molar-refractivity contribution in [2.75, 3.05) is 11.9 Å². The highest BCUT2D eigenvalue weighted by Gasteiger charge is 2.17. The van der Waals surface area contributed by atoms with Gasteiger partial charge in [-0.05, 0) is 31.5 Å². The van der Waals surface area contributed by atoms with Crippen LogP contribution in [0.3, 0.4) is 0 Å². The number of anilines is 2. The molecule has 1 fully saturated rings. The Morgan fingerprint density at radius 1 is 1.20 bits per heavy atom. The van der Waals surface area contributed by atoms with Crippen molar-refractivity contribution >= 4 is 11.5 Å². The summed E-state index contributed by atoms with van der Waals surface area (Å²) < 4.78 is 0. The van der Waals surface area contributed by atoms with Crippen LogP contribution in [-0.2, 0) is 0 Å². The zero-order valence-corrected chi connectivity index (χ0v) is 10.9. The van der Waals surface area contributed by atoms with Crippen molar-refractivity contribution in [2.45, 2.75) is 18.9 Å². The number of pyridine rings is 1. The molecule has 2 N–H and O–H groups in total. The largest absolute Gasteiger partial charge is 0.338 e. The fourth-order valence-electron chi connectivity index (χ4n) is 2.20. The number of nitrogens with one attached hydrogen (secondary N) is 2. The summed E-state index contributed by atoms with van der Waals surface area (Å²) >= 11 is 0. The normalized spacial score (nSPS) is 17.6. The highest BCUT2D eigenvalue weighted by molar-refractivity contribution is 5.54. The van der Waals surface area contributed by atoms with Crippen LogP contribution in [0.2, 0.25) is 0 Å². The average molecular weight is 266 g/mol. The number of hydrogen-bond acceptors (Lipinski definition) is 6. The topological polar surface area (TPSA) is 86.5 Å². The molecule has 3 heterocycles. The molecule has 3 rings (SSSR count). The van der Waals surface area contributed by atoms with Crippen LogP contribution in [0, 0.1) is 11.3 Å². The molecule has 0 aliphatic carbocycles. The lowest BCUT2D eigenvalue weighted by atomic mass is 10.2. The predicted octanol–water partition coefficient (Wildman–Crippen LogP) is 1.91. The fraction of sp³-hybridized carbons (Fsp3) is 0.286. The Morgan fingerprint density at radius 3 is 2.75 bits per heavy atom. The lowest BCUT2D eigenvalue weighted by molar-refractivity contribution is 0.624. The lowest BCUT2D eigenvalue weighted by Gasteiger charge is -2.10. The van der Waals surface area contributed by atoms with Crippen LogP contribution in [0.25, 0.3) is 0 Å². The van der Waals surface area contributed by atoms with E-state index < -0.39 is 0 Å². The van der Waals surface area contributed by atoms with Gasteiger partial charge in [0.25, 0.3) is 0 Å². The standard InChI is InChI=1S/C14H14N6/c15-6-10-3-4-11(7-17-10)20-14-9-18-13(8-19-14)12-2-1-5-16-12/h3-4,7-9,12,16H,1-2,5H2,(H,19,20)/t12-/m0/s1. The molecule has 1 atom stereocenters. The Morgan fingerprint density at radius 2 is 2.15 bits per heavy atom. The molecule has 2 aromatic rings. The second-order valence-corrected chi connectivity index (χ2v) is 4.64. The second kappa shape index (κ2) is 5.63. The summed E-state index contributed by atoms with van der Waals surface area (Å²) in [7, 11) is 0. The molecule has 0 spiro atoms. The molecule has 100 valence electrons. The van der Waals surface area contributed by atoms with Gasteiger partial charge in [0.1, 0.15) is 17.6 Å². The van der Waals surface area contributed by atoms with Crippen LogP contribution >= 0.6 is 0 Å². The van der Waals surface area contributed by atoms with Gasteiger partial charge in [0, 0.05) is 0 Å². The van der Waals surface area contributed by atoms with Crippen molar-refractivity contribution in [3.63, 3.8) is 0 Å². The monoisotopic (exact) mass is 266 g/mol. The molecular formula is C14H14N6. The summed E-state index contributed by atoms with van der Waals surface area (Å²) in [6.07, 6.45) is 7.41. The van der Waals surface area contributed by atoms with Crippen LogP contribution in [0.5, 0.6) is 0 Å². The molecule has 0 bridgehead atoms. The van der Waals surface area contributed by atoms with Gasteiger partial charge < -0.3 is 10.6 Å². The zero-order valence-electron chi connectivity index (χ0n) is 10.9. The summed E-state index contributed by atoms with van der Waals surface area (Å²) in [6.45, 7) is 1.04. The number of nitrogens with zero attached hydrogens (tertiary/aromatic N) is 4. The van der Waals surface area contributed by atoms with E-state index in [1.54, 1.807) is 30.7 Å². The van der Waals surface area contributed by atoms with Gasteiger partial charge in [0.2, 0.25) is 0 Å². The smallest absolute Gasteiger partial charge is 0.148 e. The molecule has 0 unspecified atom stereocenters. The Labute approximate surface area is 116 Å². The van der Waals surface area contributed by atoms with Gasteiger partial charge in [0.05, 0.1) is 36.0 Å². The molecule has 0 saturated carbocycles. The van der Waals surface area contributed by atoms with Gasteiger partial charge in [-0.15, -0.1) is 0 Å². The summed E-state index contributed by atoms with van der Waals surface area (Å²) in [6, 6.07) is 5.76. The first-order valence-electron chi connectivity index (χ1n) is 6.53. The maximum Gasteiger partial charge on any atom is 0.148 e. The maximum atomic E-state index is 8.69. The zero-order chi connectivity index (χ0) is 13.8. The number of hydrogen-bond donors (Lipinski definition) is 2. The minimum Gasteiger partial charge on any atom is -0.338 e. The lowest BCUT2D eigenvalue weighted by Crippen LogP contribution is -2.14. The third kappa shape index (κ3) is 2.73. The third-order valence-electron chi connectivity index (χ3n) is 3.24. The van der Waals surface area contributed by atoms with Crippen molar-refractivity contribution in [1.29, 1.82) is 5.26 Å². The van der Waals surface area contributed by atoms with Crippen LogP contribution in [0.15, 0.2) is 30.7 Å². The van der Waals surface area contributed by atoms with E-state index in [0.29, 0.717) is 17.6 Å². The van der Waals surface area contributed by atoms with Crippen molar-refractivity contribution in [3.05, 3.63) is 42.1 Å². The highest BCUT2D eigenvalue weighted by atomic mass is 15.0. The van der Waals surface area contributed by atoms with Gasteiger partial charge in [-0.3, -0.25) is 4.98 Å². The molecule has 6 heteroatoms. The molecular weight excluding hydrogens is 252 g/mol. The van der Waals surface area contributed by atoms with Gasteiger partial charge in [0.15, 0.2) is 0 Å². The Kier molecular flexibility index (Phi) is 3.52. The maximum absolute atomic E-state index is 8.69. The van der Waals surface area contributed by atoms with E-state index in [-0.39, 0.29) is 0 Å². The fourth-order valence-corrected chi connectivity index (χ4v) is 2.20. The SMILES string of the molecule is N#Cc1ccc(Nc2cnc([C@@H]3CCCN3)cn2)cn1. The van der Waals surface area contributed by atoms with E-state index in [2.05, 4.69) is 25.6 Å². The van der Waals surface area contributed by atoms with Crippen molar-refractivity contribution in [2.24, 2.45) is 0 Å². The molecule has 6 nitrogen and oxygen atoms in total. The number of nitriles is 1. The van der Waals surface area contributed by atoms with Gasteiger partial charge >= 0.3 is 0 Å². The van der Waals surface area contributed by atoms with Crippen molar-refractivity contribution in [3.8, 4) is 6.07 Å². The molecule has 1 saturated heterocycles. The molecule has 1 aliphatic heterocycles. The molecule has 2 aromatic heterocycles. The quantitative estimate of drug-likeness (QED) is 0.882. The van der Waals surface area contributed by atoms with Gasteiger partial charge in [-0.2, -0.15) is 5.26 Å². The predicted molar refractivity (Wildman–Crippen MR) is 74.2 cm³/mol. The van der Waals surface area contributed by atoms with E-state index in [1.165, 1.54) is 6.42 Å². The van der Waals surface area contributed by atoms with Gasteiger partial charge in [-0.1, -0.05) is 0 Å². The Hall–Kier alpha value is -2.52. The Balaban J connectivity index is 1.69. The highest BCUT2D eigenvalue weighted by Crippen LogP contribution is 2.21. The second-order valence-electron chi connectivity index (χ2n) is 4.64. The molecule has 0 aromatic carbocycles. The first-order valence-corrected chi connectivity index (χ1v) is 6.53. The van der Waals surface area contributed by atoms with E-state index >= 15 is 0 Å². The Bertz CT molecular complexity index is 608. The number of aromatic nitrogens is 3. The molecule has 1 aliphatic rings. The molecule has 0 radical (unpaired) electrons. The minimum absolute atomic E-state index is 0.327. The molecule has 0 amide bonds. The average Bonchev–Trinajstić information content (AvgIpc) is 3.03. The van der Waals surface area contributed by atoms with Crippen LogP contribution in [-0.4, -0.2) is 21.5 Å². The van der Waals surface area contributed by atoms with Crippen molar-refractivity contribution in [1.82, 2.24) is 20.3 Å².